The average Bonchev–Trinajstić information content (AvgIpc) is 3.21. The fraction of sp³-hybridized carbons (Fsp3) is 0.222. The van der Waals surface area contributed by atoms with Gasteiger partial charge < -0.3 is 25.0 Å². The lowest BCUT2D eigenvalue weighted by molar-refractivity contribution is -0.111. The molecule has 0 bridgehead atoms. The second-order valence-electron chi connectivity index (χ2n) is 8.83. The van der Waals surface area contributed by atoms with E-state index in [-0.39, 0.29) is 5.91 Å². The fourth-order valence-electron chi connectivity index (χ4n) is 3.96. The number of aromatic nitrogens is 3. The summed E-state index contributed by atoms with van der Waals surface area (Å²) in [7, 11) is 8.01. The van der Waals surface area contributed by atoms with Crippen molar-refractivity contribution in [2.45, 2.75) is 0 Å². The Morgan fingerprint density at radius 3 is 2.67 bits per heavy atom. The molecule has 2 N–H and O–H groups in total. The maximum absolute atomic E-state index is 12.2. The molecule has 186 valence electrons. The van der Waals surface area contributed by atoms with Gasteiger partial charge in [-0.3, -0.25) is 4.79 Å². The molecule has 1 amide bonds. The number of fused-ring (bicyclic) bond motifs is 1. The third kappa shape index (κ3) is 5.50. The number of benzene rings is 2. The lowest BCUT2D eigenvalue weighted by Gasteiger charge is -2.25. The smallest absolute Gasteiger partial charge is 0.247 e. The van der Waals surface area contributed by atoms with E-state index in [0.717, 1.165) is 40.9 Å². The van der Waals surface area contributed by atoms with Crippen LogP contribution in [0, 0.1) is 0 Å². The molecule has 0 aliphatic rings. The highest BCUT2D eigenvalue weighted by atomic mass is 35.5. The van der Waals surface area contributed by atoms with Gasteiger partial charge in [-0.2, -0.15) is 0 Å². The lowest BCUT2D eigenvalue weighted by atomic mass is 10.1. The summed E-state index contributed by atoms with van der Waals surface area (Å²) >= 11 is 6.68. The van der Waals surface area contributed by atoms with Gasteiger partial charge in [-0.1, -0.05) is 36.4 Å². The Morgan fingerprint density at radius 1 is 1.14 bits per heavy atom. The molecule has 2 aromatic heterocycles. The van der Waals surface area contributed by atoms with Crippen molar-refractivity contribution >= 4 is 51.4 Å². The van der Waals surface area contributed by atoms with Crippen LogP contribution >= 0.6 is 11.6 Å². The van der Waals surface area contributed by atoms with Crippen LogP contribution in [0.1, 0.15) is 0 Å². The Bertz CT molecular complexity index is 1410. The van der Waals surface area contributed by atoms with E-state index in [1.54, 1.807) is 12.3 Å². The molecule has 0 atom stereocenters. The van der Waals surface area contributed by atoms with E-state index in [2.05, 4.69) is 50.0 Å². The van der Waals surface area contributed by atoms with Crippen LogP contribution in [-0.2, 0) is 11.8 Å². The number of anilines is 4. The molecular formula is C27H30ClN7O. The summed E-state index contributed by atoms with van der Waals surface area (Å²) in [6.07, 6.45) is 5.01. The minimum atomic E-state index is -0.306. The predicted octanol–water partition coefficient (Wildman–Crippen LogP) is 5.15. The van der Waals surface area contributed by atoms with Gasteiger partial charge in [0.1, 0.15) is 0 Å². The first-order valence-electron chi connectivity index (χ1n) is 11.5. The van der Waals surface area contributed by atoms with Gasteiger partial charge in [0.25, 0.3) is 0 Å². The number of aryl methyl sites for hydroxylation is 1. The first-order chi connectivity index (χ1) is 17.3. The Kier molecular flexibility index (Phi) is 7.57. The van der Waals surface area contributed by atoms with Gasteiger partial charge in [-0.15, -0.1) is 0 Å². The molecule has 0 saturated carbocycles. The number of hydrogen-bond donors (Lipinski definition) is 2. The van der Waals surface area contributed by atoms with Crippen molar-refractivity contribution in [3.8, 4) is 11.3 Å². The standard InChI is InChI=1S/C27H30ClN7O/c1-6-26(36)30-23-16-22(20(28)15-25(23)34(4)14-13-33(2)3)32-27-29-12-11-21(31-27)19-17-35(5)24-10-8-7-9-18(19)24/h6-12,15-17H,1,13-14H2,2-5H3,(H,30,36)(H,29,31,32). The monoisotopic (exact) mass is 503 g/mol. The van der Waals surface area contributed by atoms with Crippen molar-refractivity contribution in [1.29, 1.82) is 0 Å². The number of hydrogen-bond acceptors (Lipinski definition) is 6. The number of halogens is 1. The number of nitrogens with zero attached hydrogens (tertiary/aromatic N) is 5. The molecule has 0 fully saturated rings. The Morgan fingerprint density at radius 2 is 1.92 bits per heavy atom. The van der Waals surface area contributed by atoms with Crippen LogP contribution in [0.25, 0.3) is 22.2 Å². The maximum Gasteiger partial charge on any atom is 0.247 e. The number of rotatable bonds is 9. The molecule has 0 aliphatic carbocycles. The summed E-state index contributed by atoms with van der Waals surface area (Å²) in [5.74, 6) is 0.0942. The molecule has 0 radical (unpaired) electrons. The molecule has 4 rings (SSSR count). The molecule has 0 spiro atoms. The van der Waals surface area contributed by atoms with E-state index in [1.807, 2.05) is 57.4 Å². The highest BCUT2D eigenvalue weighted by Crippen LogP contribution is 2.36. The van der Waals surface area contributed by atoms with E-state index in [4.69, 9.17) is 16.6 Å². The molecule has 2 aromatic carbocycles. The van der Waals surface area contributed by atoms with Crippen molar-refractivity contribution in [3.63, 3.8) is 0 Å². The zero-order chi connectivity index (χ0) is 25.8. The third-order valence-corrected chi connectivity index (χ3v) is 6.21. The summed E-state index contributed by atoms with van der Waals surface area (Å²) in [6, 6.07) is 13.7. The van der Waals surface area contributed by atoms with Gasteiger partial charge in [0, 0.05) is 56.0 Å². The summed E-state index contributed by atoms with van der Waals surface area (Å²) in [5, 5.41) is 7.71. The highest BCUT2D eigenvalue weighted by Gasteiger charge is 2.16. The average molecular weight is 504 g/mol. The second-order valence-corrected chi connectivity index (χ2v) is 9.24. The number of nitrogens with one attached hydrogen (secondary N) is 2. The van der Waals surface area contributed by atoms with Crippen LogP contribution in [0.4, 0.5) is 23.0 Å². The summed E-state index contributed by atoms with van der Waals surface area (Å²) in [4.78, 5) is 25.4. The van der Waals surface area contributed by atoms with Gasteiger partial charge in [0.2, 0.25) is 11.9 Å². The van der Waals surface area contributed by atoms with E-state index in [9.17, 15) is 4.79 Å². The van der Waals surface area contributed by atoms with E-state index in [1.165, 1.54) is 6.08 Å². The first-order valence-corrected chi connectivity index (χ1v) is 11.9. The van der Waals surface area contributed by atoms with Crippen LogP contribution in [0.3, 0.4) is 0 Å². The Balaban J connectivity index is 1.67. The number of carbonyl (C=O) groups is 1. The van der Waals surface area contributed by atoms with Crippen LogP contribution < -0.4 is 15.5 Å². The summed E-state index contributed by atoms with van der Waals surface area (Å²) < 4.78 is 2.08. The topological polar surface area (TPSA) is 78.3 Å². The fourth-order valence-corrected chi connectivity index (χ4v) is 4.17. The molecule has 0 aliphatic heterocycles. The minimum Gasteiger partial charge on any atom is -0.372 e. The summed E-state index contributed by atoms with van der Waals surface area (Å²) in [5.41, 5.74) is 4.92. The molecule has 9 heteroatoms. The highest BCUT2D eigenvalue weighted by molar-refractivity contribution is 6.34. The lowest BCUT2D eigenvalue weighted by Crippen LogP contribution is -2.29. The molecular weight excluding hydrogens is 474 g/mol. The van der Waals surface area contributed by atoms with Gasteiger partial charge >= 0.3 is 0 Å². The number of para-hydroxylation sites is 1. The molecule has 4 aromatic rings. The molecule has 0 saturated heterocycles. The maximum atomic E-state index is 12.2. The van der Waals surface area contributed by atoms with Gasteiger partial charge in [-0.05, 0) is 44.4 Å². The molecule has 8 nitrogen and oxygen atoms in total. The van der Waals surface area contributed by atoms with Gasteiger partial charge in [0.05, 0.1) is 27.8 Å². The zero-order valence-corrected chi connectivity index (χ0v) is 21.7. The van der Waals surface area contributed by atoms with Crippen molar-refractivity contribution in [1.82, 2.24) is 19.4 Å². The van der Waals surface area contributed by atoms with Crippen LogP contribution in [0.5, 0.6) is 0 Å². The first kappa shape index (κ1) is 25.2. The second kappa shape index (κ2) is 10.8. The quantitative estimate of drug-likeness (QED) is 0.307. The van der Waals surface area contributed by atoms with Crippen molar-refractivity contribution in [2.24, 2.45) is 7.05 Å². The third-order valence-electron chi connectivity index (χ3n) is 5.90. The van der Waals surface area contributed by atoms with Crippen LogP contribution in [0.15, 0.2) is 67.5 Å². The predicted molar refractivity (Wildman–Crippen MR) is 149 cm³/mol. The van der Waals surface area contributed by atoms with Gasteiger partial charge in [-0.25, -0.2) is 9.97 Å². The van der Waals surface area contributed by atoms with Gasteiger partial charge in [0.15, 0.2) is 0 Å². The zero-order valence-electron chi connectivity index (χ0n) is 20.9. The molecule has 0 unspecified atom stereocenters. The normalized spacial score (nSPS) is 11.1. The SMILES string of the molecule is C=CC(=O)Nc1cc(Nc2nccc(-c3cn(C)c4ccccc34)n2)c(Cl)cc1N(C)CCN(C)C. The Labute approximate surface area is 216 Å². The van der Waals surface area contributed by atoms with E-state index in [0.29, 0.717) is 22.3 Å². The number of carbonyl (C=O) groups excluding carboxylic acids is 1. The number of amides is 1. The van der Waals surface area contributed by atoms with E-state index < -0.39 is 0 Å². The Hall–Kier alpha value is -3.88. The molecule has 36 heavy (non-hydrogen) atoms. The molecule has 2 heterocycles. The van der Waals surface area contributed by atoms with E-state index >= 15 is 0 Å². The van der Waals surface area contributed by atoms with Crippen LogP contribution in [0.2, 0.25) is 5.02 Å². The summed E-state index contributed by atoms with van der Waals surface area (Å²) in [6.45, 7) is 5.16. The van der Waals surface area contributed by atoms with Crippen molar-refractivity contribution in [2.75, 3.05) is 49.8 Å². The number of likely N-dealkylation sites (N-methyl/N-ethyl adjacent to an activating group) is 2. The van der Waals surface area contributed by atoms with Crippen LogP contribution in [-0.4, -0.2) is 59.6 Å². The van der Waals surface area contributed by atoms with Crippen molar-refractivity contribution in [3.05, 3.63) is 72.5 Å². The minimum absolute atomic E-state index is 0.306. The largest absolute Gasteiger partial charge is 0.372 e. The van der Waals surface area contributed by atoms with Crippen molar-refractivity contribution < 1.29 is 4.79 Å².